The number of nitrogens with one attached hydrogen (secondary N) is 1. The smallest absolute Gasteiger partial charge is 0.250 e. The second kappa shape index (κ2) is 5.85. The van der Waals surface area contributed by atoms with Crippen molar-refractivity contribution in [3.8, 4) is 0 Å². The van der Waals surface area contributed by atoms with Gasteiger partial charge in [-0.15, -0.1) is 11.3 Å². The lowest BCUT2D eigenvalue weighted by molar-refractivity contribution is 0.199. The number of halogens is 2. The first-order valence-corrected chi connectivity index (χ1v) is 10.1. The van der Waals surface area contributed by atoms with Gasteiger partial charge in [0.05, 0.1) is 8.81 Å². The highest BCUT2D eigenvalue weighted by Crippen LogP contribution is 2.35. The zero-order valence-corrected chi connectivity index (χ0v) is 14.8. The van der Waals surface area contributed by atoms with Crippen molar-refractivity contribution in [2.75, 3.05) is 13.1 Å². The van der Waals surface area contributed by atoms with Crippen LogP contribution in [0.3, 0.4) is 0 Å². The summed E-state index contributed by atoms with van der Waals surface area (Å²) in [4.78, 5) is 2.48. The first-order valence-electron chi connectivity index (χ1n) is 6.67. The SMILES string of the molecule is O=S(=O)(NC1CCN(C2CC2)CC1)c1cc(Cl)c(Br)s1. The van der Waals surface area contributed by atoms with Crippen LogP contribution in [0.25, 0.3) is 0 Å². The molecular weight excluding hydrogens is 384 g/mol. The lowest BCUT2D eigenvalue weighted by Gasteiger charge is -2.32. The molecule has 2 fully saturated rings. The second-order valence-electron chi connectivity index (χ2n) is 5.35. The van der Waals surface area contributed by atoms with E-state index in [0.717, 1.165) is 43.3 Å². The number of likely N-dealkylation sites (tertiary alicyclic amines) is 1. The van der Waals surface area contributed by atoms with Crippen LogP contribution in [0, 0.1) is 0 Å². The highest BCUT2D eigenvalue weighted by atomic mass is 79.9. The first kappa shape index (κ1) is 15.2. The summed E-state index contributed by atoms with van der Waals surface area (Å²) in [7, 11) is -3.45. The molecule has 1 aliphatic heterocycles. The van der Waals surface area contributed by atoms with Crippen molar-refractivity contribution in [1.29, 1.82) is 0 Å². The van der Waals surface area contributed by atoms with E-state index < -0.39 is 10.0 Å². The third-order valence-electron chi connectivity index (χ3n) is 3.80. The predicted molar refractivity (Wildman–Crippen MR) is 85.0 cm³/mol. The molecule has 3 rings (SSSR count). The minimum absolute atomic E-state index is 0.0367. The maximum atomic E-state index is 12.3. The van der Waals surface area contributed by atoms with Crippen LogP contribution < -0.4 is 4.72 Å². The summed E-state index contributed by atoms with van der Waals surface area (Å²) in [5.41, 5.74) is 0. The number of rotatable bonds is 4. The van der Waals surface area contributed by atoms with Gasteiger partial charge in [-0.05, 0) is 60.8 Å². The van der Waals surface area contributed by atoms with E-state index in [2.05, 4.69) is 25.6 Å². The van der Waals surface area contributed by atoms with Crippen LogP contribution in [0.5, 0.6) is 0 Å². The summed E-state index contributed by atoms with van der Waals surface area (Å²) in [6.07, 6.45) is 4.38. The van der Waals surface area contributed by atoms with Gasteiger partial charge in [0.1, 0.15) is 4.21 Å². The Labute approximate surface area is 136 Å². The number of hydrogen-bond acceptors (Lipinski definition) is 4. The maximum Gasteiger partial charge on any atom is 0.250 e. The Morgan fingerprint density at radius 3 is 2.45 bits per heavy atom. The standard InChI is InChI=1S/C12H16BrClN2O2S2/c13-12-10(14)7-11(19-12)20(17,18)15-8-3-5-16(6-4-8)9-1-2-9/h7-9,15H,1-6H2. The number of sulfonamides is 1. The quantitative estimate of drug-likeness (QED) is 0.846. The van der Waals surface area contributed by atoms with Crippen LogP contribution in [0.2, 0.25) is 5.02 Å². The zero-order chi connectivity index (χ0) is 14.3. The Hall–Kier alpha value is 0.340. The van der Waals surface area contributed by atoms with Crippen LogP contribution >= 0.6 is 38.9 Å². The van der Waals surface area contributed by atoms with E-state index in [0.29, 0.717) is 8.81 Å². The molecule has 0 atom stereocenters. The van der Waals surface area contributed by atoms with E-state index in [1.165, 1.54) is 18.9 Å². The second-order valence-corrected chi connectivity index (χ2v) is 10.1. The Morgan fingerprint density at radius 2 is 1.95 bits per heavy atom. The molecule has 0 amide bonds. The van der Waals surface area contributed by atoms with Gasteiger partial charge in [-0.1, -0.05) is 11.6 Å². The molecule has 0 bridgehead atoms. The zero-order valence-electron chi connectivity index (χ0n) is 10.8. The third-order valence-corrected chi connectivity index (χ3v) is 8.27. The number of hydrogen-bond donors (Lipinski definition) is 1. The summed E-state index contributed by atoms with van der Waals surface area (Å²) >= 11 is 10.3. The van der Waals surface area contributed by atoms with Gasteiger partial charge in [-0.2, -0.15) is 0 Å². The fourth-order valence-corrected chi connectivity index (χ4v) is 6.28. The average molecular weight is 400 g/mol. The molecule has 2 heterocycles. The molecule has 20 heavy (non-hydrogen) atoms. The van der Waals surface area contributed by atoms with E-state index in [1.54, 1.807) is 0 Å². The van der Waals surface area contributed by atoms with Crippen molar-refractivity contribution < 1.29 is 8.42 Å². The van der Waals surface area contributed by atoms with Gasteiger partial charge >= 0.3 is 0 Å². The van der Waals surface area contributed by atoms with Crippen LogP contribution in [0.4, 0.5) is 0 Å². The third kappa shape index (κ3) is 3.39. The van der Waals surface area contributed by atoms with Gasteiger partial charge in [0.2, 0.25) is 10.0 Å². The molecule has 1 saturated carbocycles. The summed E-state index contributed by atoms with van der Waals surface area (Å²) in [5, 5.41) is 0.443. The molecule has 1 aromatic heterocycles. The van der Waals surface area contributed by atoms with Crippen LogP contribution in [0.15, 0.2) is 14.1 Å². The van der Waals surface area contributed by atoms with Crippen molar-refractivity contribution >= 4 is 48.9 Å². The van der Waals surface area contributed by atoms with Crippen molar-refractivity contribution in [1.82, 2.24) is 9.62 Å². The molecule has 1 N–H and O–H groups in total. The molecular formula is C12H16BrClN2O2S2. The normalized spacial score (nSPS) is 22.3. The average Bonchev–Trinajstić information content (AvgIpc) is 3.17. The monoisotopic (exact) mass is 398 g/mol. The van der Waals surface area contributed by atoms with Gasteiger partial charge in [0, 0.05) is 12.1 Å². The van der Waals surface area contributed by atoms with Crippen molar-refractivity contribution in [2.24, 2.45) is 0 Å². The lowest BCUT2D eigenvalue weighted by Crippen LogP contribution is -2.45. The molecule has 8 heteroatoms. The fourth-order valence-electron chi connectivity index (χ4n) is 2.56. The molecule has 0 aromatic carbocycles. The molecule has 4 nitrogen and oxygen atoms in total. The lowest BCUT2D eigenvalue weighted by atomic mass is 10.1. The summed E-state index contributed by atoms with van der Waals surface area (Å²) < 4.78 is 28.3. The molecule has 2 aliphatic rings. The molecule has 1 aliphatic carbocycles. The van der Waals surface area contributed by atoms with E-state index >= 15 is 0 Å². The Kier molecular flexibility index (Phi) is 4.46. The van der Waals surface area contributed by atoms with E-state index in [9.17, 15) is 8.42 Å². The molecule has 1 aromatic rings. The number of piperidine rings is 1. The van der Waals surface area contributed by atoms with E-state index in [-0.39, 0.29) is 10.3 Å². The van der Waals surface area contributed by atoms with Crippen molar-refractivity contribution in [3.05, 3.63) is 14.9 Å². The van der Waals surface area contributed by atoms with E-state index in [4.69, 9.17) is 11.6 Å². The van der Waals surface area contributed by atoms with Crippen molar-refractivity contribution in [3.63, 3.8) is 0 Å². The molecule has 0 unspecified atom stereocenters. The molecule has 0 spiro atoms. The van der Waals surface area contributed by atoms with Gasteiger partial charge in [-0.25, -0.2) is 13.1 Å². The number of thiophene rings is 1. The van der Waals surface area contributed by atoms with Gasteiger partial charge in [0.15, 0.2) is 0 Å². The molecule has 112 valence electrons. The van der Waals surface area contributed by atoms with Crippen LogP contribution in [-0.4, -0.2) is 38.5 Å². The molecule has 0 radical (unpaired) electrons. The first-order chi connectivity index (χ1) is 9.45. The Morgan fingerprint density at radius 1 is 1.30 bits per heavy atom. The summed E-state index contributed by atoms with van der Waals surface area (Å²) in [6.45, 7) is 1.99. The summed E-state index contributed by atoms with van der Waals surface area (Å²) in [5.74, 6) is 0. The largest absolute Gasteiger partial charge is 0.300 e. The Balaban J connectivity index is 1.62. The fraction of sp³-hybridized carbons (Fsp3) is 0.667. The van der Waals surface area contributed by atoms with Gasteiger partial charge < -0.3 is 4.90 Å². The predicted octanol–water partition coefficient (Wildman–Crippen LogP) is 3.07. The van der Waals surface area contributed by atoms with Gasteiger partial charge in [0.25, 0.3) is 0 Å². The van der Waals surface area contributed by atoms with Crippen molar-refractivity contribution in [2.45, 2.75) is 42.0 Å². The van der Waals surface area contributed by atoms with Crippen LogP contribution in [-0.2, 0) is 10.0 Å². The van der Waals surface area contributed by atoms with Crippen LogP contribution in [0.1, 0.15) is 25.7 Å². The maximum absolute atomic E-state index is 12.3. The van der Waals surface area contributed by atoms with Gasteiger partial charge in [-0.3, -0.25) is 0 Å². The topological polar surface area (TPSA) is 49.4 Å². The number of nitrogens with zero attached hydrogens (tertiary/aromatic N) is 1. The van der Waals surface area contributed by atoms with E-state index in [1.807, 2.05) is 0 Å². The summed E-state index contributed by atoms with van der Waals surface area (Å²) in [6, 6.07) is 2.30. The highest BCUT2D eigenvalue weighted by Gasteiger charge is 2.33. The minimum atomic E-state index is -3.45. The highest BCUT2D eigenvalue weighted by molar-refractivity contribution is 9.11. The Bertz CT molecular complexity index is 573. The minimum Gasteiger partial charge on any atom is -0.300 e. The molecule has 1 saturated heterocycles.